The first-order chi connectivity index (χ1) is 16.6. The fourth-order valence-electron chi connectivity index (χ4n) is 4.17. The number of phenols is 1. The lowest BCUT2D eigenvalue weighted by atomic mass is 10.0. The number of aromatic nitrogens is 2. The summed E-state index contributed by atoms with van der Waals surface area (Å²) in [5.74, 6) is -0.506. The van der Waals surface area contributed by atoms with Gasteiger partial charge >= 0.3 is 12.1 Å². The number of piperidine rings is 1. The van der Waals surface area contributed by atoms with Gasteiger partial charge in [0.2, 0.25) is 0 Å². The molecule has 1 aliphatic heterocycles. The van der Waals surface area contributed by atoms with Crippen LogP contribution in [0.15, 0.2) is 18.2 Å². The normalized spacial score (nSPS) is 16.5. The molecule has 0 spiro atoms. The monoisotopic (exact) mass is 491 g/mol. The molecule has 8 nitrogen and oxygen atoms in total. The zero-order chi connectivity index (χ0) is 25.6. The van der Waals surface area contributed by atoms with Crippen LogP contribution in [0, 0.1) is 18.3 Å². The number of alkyl halides is 3. The van der Waals surface area contributed by atoms with Crippen molar-refractivity contribution in [1.82, 2.24) is 15.1 Å². The van der Waals surface area contributed by atoms with E-state index in [-0.39, 0.29) is 28.8 Å². The van der Waals surface area contributed by atoms with Crippen molar-refractivity contribution < 1.29 is 27.8 Å². The number of carbonyl (C=O) groups is 1. The number of nitrogens with zero attached hydrogens (tertiary/aromatic N) is 4. The molecule has 0 bridgehead atoms. The molecule has 0 aliphatic carbocycles. The molecule has 1 fully saturated rings. The number of benzene rings is 1. The van der Waals surface area contributed by atoms with Gasteiger partial charge in [-0.2, -0.15) is 18.4 Å². The van der Waals surface area contributed by atoms with Gasteiger partial charge in [0.15, 0.2) is 5.82 Å². The number of hydrogen-bond donors (Lipinski definition) is 2. The van der Waals surface area contributed by atoms with E-state index in [0.29, 0.717) is 43.4 Å². The first kappa shape index (κ1) is 26.2. The van der Waals surface area contributed by atoms with Gasteiger partial charge in [0.05, 0.1) is 12.2 Å². The second-order valence-electron chi connectivity index (χ2n) is 8.43. The summed E-state index contributed by atoms with van der Waals surface area (Å²) in [4.78, 5) is 13.8. The van der Waals surface area contributed by atoms with Gasteiger partial charge in [-0.1, -0.05) is 0 Å². The fourth-order valence-corrected chi connectivity index (χ4v) is 4.17. The van der Waals surface area contributed by atoms with Crippen molar-refractivity contribution in [3.63, 3.8) is 0 Å². The van der Waals surface area contributed by atoms with Gasteiger partial charge in [0, 0.05) is 24.6 Å². The van der Waals surface area contributed by atoms with Gasteiger partial charge in [0.25, 0.3) is 0 Å². The minimum absolute atomic E-state index is 0.0115. The first-order valence-electron chi connectivity index (χ1n) is 11.5. The van der Waals surface area contributed by atoms with Crippen LogP contribution in [0.5, 0.6) is 5.75 Å². The van der Waals surface area contributed by atoms with Crippen molar-refractivity contribution >= 4 is 11.8 Å². The zero-order valence-electron chi connectivity index (χ0n) is 19.7. The average Bonchev–Trinajstić information content (AvgIpc) is 2.80. The molecule has 35 heavy (non-hydrogen) atoms. The average molecular weight is 492 g/mol. The number of halogens is 3. The molecule has 1 aliphatic rings. The maximum absolute atomic E-state index is 12.9. The van der Waals surface area contributed by atoms with E-state index < -0.39 is 17.5 Å². The molecule has 2 aromatic rings. The molecular formula is C24H28F3N5O3. The summed E-state index contributed by atoms with van der Waals surface area (Å²) >= 11 is 0. The number of hydrogen-bond acceptors (Lipinski definition) is 8. The highest BCUT2D eigenvalue weighted by atomic mass is 19.4. The Labute approximate surface area is 201 Å². The van der Waals surface area contributed by atoms with Crippen molar-refractivity contribution in [1.29, 1.82) is 5.26 Å². The van der Waals surface area contributed by atoms with Crippen molar-refractivity contribution in [2.45, 2.75) is 51.7 Å². The lowest BCUT2D eigenvalue weighted by Crippen LogP contribution is -2.42. The lowest BCUT2D eigenvalue weighted by Gasteiger charge is -2.33. The highest BCUT2D eigenvalue weighted by Crippen LogP contribution is 2.37. The van der Waals surface area contributed by atoms with Gasteiger partial charge in [-0.3, -0.25) is 4.79 Å². The van der Waals surface area contributed by atoms with Crippen LogP contribution in [0.1, 0.15) is 49.3 Å². The Balaban J connectivity index is 1.72. The molecule has 11 heteroatoms. The largest absolute Gasteiger partial charge is 0.507 e. The number of esters is 1. The molecule has 1 aromatic carbocycles. The molecule has 188 valence electrons. The maximum Gasteiger partial charge on any atom is 0.416 e. The lowest BCUT2D eigenvalue weighted by molar-refractivity contribution is -0.143. The van der Waals surface area contributed by atoms with E-state index in [4.69, 9.17) is 4.74 Å². The zero-order valence-corrected chi connectivity index (χ0v) is 19.7. The Hall–Kier alpha value is -3.39. The van der Waals surface area contributed by atoms with Crippen LogP contribution in [0.3, 0.4) is 0 Å². The Bertz CT molecular complexity index is 1100. The number of rotatable bonds is 8. The van der Waals surface area contributed by atoms with E-state index >= 15 is 0 Å². The number of anilines is 1. The van der Waals surface area contributed by atoms with Crippen molar-refractivity contribution in [3.8, 4) is 23.1 Å². The highest BCUT2D eigenvalue weighted by Gasteiger charge is 2.31. The first-order valence-corrected chi connectivity index (χ1v) is 11.5. The van der Waals surface area contributed by atoms with Crippen molar-refractivity contribution in [2.24, 2.45) is 0 Å². The number of nitriles is 1. The van der Waals surface area contributed by atoms with E-state index in [2.05, 4.69) is 26.5 Å². The Morgan fingerprint density at radius 3 is 2.80 bits per heavy atom. The minimum Gasteiger partial charge on any atom is -0.507 e. The predicted molar refractivity (Wildman–Crippen MR) is 123 cm³/mol. The van der Waals surface area contributed by atoms with Gasteiger partial charge in [-0.25, -0.2) is 0 Å². The van der Waals surface area contributed by atoms with Crippen LogP contribution in [-0.2, 0) is 15.7 Å². The van der Waals surface area contributed by atoms with E-state index in [1.165, 1.54) is 0 Å². The summed E-state index contributed by atoms with van der Waals surface area (Å²) in [5, 5.41) is 31.5. The summed E-state index contributed by atoms with van der Waals surface area (Å²) in [6, 6.07) is 4.72. The summed E-state index contributed by atoms with van der Waals surface area (Å²) in [7, 11) is 0. The van der Waals surface area contributed by atoms with Crippen LogP contribution >= 0.6 is 0 Å². The quantitative estimate of drug-likeness (QED) is 0.527. The number of phenolic OH excluding ortho intramolecular Hbond substituents is 1. The Morgan fingerprint density at radius 2 is 2.14 bits per heavy atom. The third-order valence-electron chi connectivity index (χ3n) is 5.92. The molecule has 1 atom stereocenters. The molecule has 0 saturated carbocycles. The topological polar surface area (TPSA) is 111 Å². The SMILES string of the molecule is CCOC(=O)CCCN1CCC[C@@H](Nc2nnc(-c3ccc(C(F)(F)F)cc3O)c(C)c2C#N)C1. The molecule has 1 aromatic heterocycles. The maximum atomic E-state index is 12.9. The van der Waals surface area contributed by atoms with E-state index in [0.717, 1.165) is 38.1 Å². The van der Waals surface area contributed by atoms with Gasteiger partial charge < -0.3 is 20.1 Å². The van der Waals surface area contributed by atoms with E-state index in [1.807, 2.05) is 0 Å². The van der Waals surface area contributed by atoms with Gasteiger partial charge in [-0.05, 0) is 70.0 Å². The van der Waals surface area contributed by atoms with E-state index in [1.54, 1.807) is 13.8 Å². The van der Waals surface area contributed by atoms with E-state index in [9.17, 15) is 28.3 Å². The number of likely N-dealkylation sites (tertiary alicyclic amines) is 1. The molecule has 2 N–H and O–H groups in total. The number of aromatic hydroxyl groups is 1. The summed E-state index contributed by atoms with van der Waals surface area (Å²) in [5.41, 5.74) is -0.151. The summed E-state index contributed by atoms with van der Waals surface area (Å²) in [6.45, 7) is 6.12. The van der Waals surface area contributed by atoms with Crippen LogP contribution in [0.4, 0.5) is 19.0 Å². The molecule has 1 saturated heterocycles. The van der Waals surface area contributed by atoms with Gasteiger partial charge in [-0.15, -0.1) is 10.2 Å². The summed E-state index contributed by atoms with van der Waals surface area (Å²) < 4.78 is 43.7. The molecule has 2 heterocycles. The second-order valence-corrected chi connectivity index (χ2v) is 8.43. The smallest absolute Gasteiger partial charge is 0.416 e. The fraction of sp³-hybridized carbons (Fsp3) is 0.500. The highest BCUT2D eigenvalue weighted by molar-refractivity contribution is 5.74. The van der Waals surface area contributed by atoms with Crippen LogP contribution in [0.25, 0.3) is 11.3 Å². The van der Waals surface area contributed by atoms with Gasteiger partial charge in [0.1, 0.15) is 23.1 Å². The van der Waals surface area contributed by atoms with Crippen LogP contribution in [0.2, 0.25) is 0 Å². The molecule has 0 amide bonds. The molecule has 0 radical (unpaired) electrons. The van der Waals surface area contributed by atoms with Crippen LogP contribution in [-0.4, -0.2) is 58.5 Å². The molecule has 0 unspecified atom stereocenters. The Morgan fingerprint density at radius 1 is 1.37 bits per heavy atom. The number of ether oxygens (including phenoxy) is 1. The Kier molecular flexibility index (Phi) is 8.51. The predicted octanol–water partition coefficient (Wildman–Crippen LogP) is 4.27. The van der Waals surface area contributed by atoms with Crippen LogP contribution < -0.4 is 5.32 Å². The number of carbonyl (C=O) groups excluding carboxylic acids is 1. The standard InChI is InChI=1S/C24H28F3N5O3/c1-3-35-21(34)7-5-11-32-10-4-6-17(14-32)29-23-19(13-28)15(2)22(30-31-23)18-9-8-16(12-20(18)33)24(25,26)27/h8-9,12,17,33H,3-7,10-11,14H2,1-2H3,(H,29,31)/t17-/m1/s1. The summed E-state index contributed by atoms with van der Waals surface area (Å²) in [6.07, 6.45) is -1.73. The second kappa shape index (κ2) is 11.4. The van der Waals surface area contributed by atoms with Crippen molar-refractivity contribution in [2.75, 3.05) is 31.6 Å². The minimum atomic E-state index is -4.59. The number of nitrogens with one attached hydrogen (secondary N) is 1. The van der Waals surface area contributed by atoms with Crippen molar-refractivity contribution in [3.05, 3.63) is 34.9 Å². The third-order valence-corrected chi connectivity index (χ3v) is 5.92. The third kappa shape index (κ3) is 6.60. The molecular weight excluding hydrogens is 463 g/mol. The molecule has 3 rings (SSSR count).